The van der Waals surface area contributed by atoms with Gasteiger partial charge < -0.3 is 10.3 Å². The third-order valence-corrected chi connectivity index (χ3v) is 1.95. The first-order chi connectivity index (χ1) is 7.69. The van der Waals surface area contributed by atoms with Crippen molar-refractivity contribution in [3.05, 3.63) is 35.7 Å². The van der Waals surface area contributed by atoms with Crippen LogP contribution in [-0.2, 0) is 6.42 Å². The highest BCUT2D eigenvalue weighted by molar-refractivity contribution is 5.54. The number of halogens is 2. The molecule has 1 aromatic heterocycles. The summed E-state index contributed by atoms with van der Waals surface area (Å²) in [4.78, 5) is 3.96. The number of hydrogen-bond donors (Lipinski definition) is 1. The third-order valence-electron chi connectivity index (χ3n) is 1.95. The van der Waals surface area contributed by atoms with Crippen molar-refractivity contribution in [3.8, 4) is 11.4 Å². The Balaban J connectivity index is 2.34. The number of rotatable bonds is 3. The van der Waals surface area contributed by atoms with Crippen LogP contribution < -0.4 is 5.73 Å². The van der Waals surface area contributed by atoms with E-state index in [0.29, 0.717) is 18.9 Å². The van der Waals surface area contributed by atoms with E-state index in [1.54, 1.807) is 0 Å². The van der Waals surface area contributed by atoms with Crippen LogP contribution in [0.1, 0.15) is 5.89 Å². The van der Waals surface area contributed by atoms with Gasteiger partial charge in [0.2, 0.25) is 11.7 Å². The molecule has 6 heteroatoms. The molecule has 1 aromatic carbocycles. The van der Waals surface area contributed by atoms with E-state index in [1.165, 1.54) is 0 Å². The molecule has 0 atom stereocenters. The van der Waals surface area contributed by atoms with E-state index in [0.717, 1.165) is 18.2 Å². The van der Waals surface area contributed by atoms with Gasteiger partial charge in [-0.05, 0) is 12.1 Å². The normalized spacial score (nSPS) is 10.7. The molecule has 0 saturated carbocycles. The van der Waals surface area contributed by atoms with E-state index < -0.39 is 11.6 Å². The van der Waals surface area contributed by atoms with Crippen LogP contribution in [0.4, 0.5) is 8.78 Å². The molecule has 0 bridgehead atoms. The minimum Gasteiger partial charge on any atom is -0.339 e. The molecule has 0 amide bonds. The summed E-state index contributed by atoms with van der Waals surface area (Å²) in [5.41, 5.74) is 5.55. The maximum absolute atomic E-state index is 12.9. The Kier molecular flexibility index (Phi) is 2.91. The standard InChI is InChI=1S/C10H9F2N3O/c11-7-3-6(4-8(12)5-7)10-14-9(1-2-13)16-15-10/h3-5H,1-2,13H2. The van der Waals surface area contributed by atoms with Crippen molar-refractivity contribution in [1.29, 1.82) is 0 Å². The molecule has 0 aliphatic rings. The summed E-state index contributed by atoms with van der Waals surface area (Å²) in [5.74, 6) is -0.857. The number of nitrogens with zero attached hydrogens (tertiary/aromatic N) is 2. The van der Waals surface area contributed by atoms with Gasteiger partial charge in [0.1, 0.15) is 11.6 Å². The minimum absolute atomic E-state index is 0.154. The van der Waals surface area contributed by atoms with Crippen LogP contribution in [0.2, 0.25) is 0 Å². The summed E-state index contributed by atoms with van der Waals surface area (Å²) in [6.07, 6.45) is 0.435. The highest BCUT2D eigenvalue weighted by Crippen LogP contribution is 2.18. The van der Waals surface area contributed by atoms with Crippen molar-refractivity contribution in [2.75, 3.05) is 6.54 Å². The van der Waals surface area contributed by atoms with Gasteiger partial charge in [0.15, 0.2) is 0 Å². The predicted octanol–water partition coefficient (Wildman–Crippen LogP) is 1.52. The zero-order valence-electron chi connectivity index (χ0n) is 8.28. The van der Waals surface area contributed by atoms with E-state index >= 15 is 0 Å². The lowest BCUT2D eigenvalue weighted by Gasteiger charge is -1.95. The van der Waals surface area contributed by atoms with Crippen LogP contribution >= 0.6 is 0 Å². The Labute approximate surface area is 90.1 Å². The number of benzene rings is 1. The Morgan fingerprint density at radius 1 is 1.19 bits per heavy atom. The molecule has 2 rings (SSSR count). The highest BCUT2D eigenvalue weighted by Gasteiger charge is 2.10. The van der Waals surface area contributed by atoms with Crippen LogP contribution in [0.5, 0.6) is 0 Å². The molecule has 2 N–H and O–H groups in total. The number of hydrogen-bond acceptors (Lipinski definition) is 4. The molecule has 0 fully saturated rings. The van der Waals surface area contributed by atoms with Gasteiger partial charge in [-0.25, -0.2) is 8.78 Å². The Morgan fingerprint density at radius 3 is 2.50 bits per heavy atom. The topological polar surface area (TPSA) is 64.9 Å². The molecule has 0 spiro atoms. The van der Waals surface area contributed by atoms with Crippen molar-refractivity contribution in [3.63, 3.8) is 0 Å². The maximum Gasteiger partial charge on any atom is 0.228 e. The minimum atomic E-state index is -0.680. The Morgan fingerprint density at radius 2 is 1.88 bits per heavy atom. The molecule has 84 valence electrons. The number of aromatic nitrogens is 2. The summed E-state index contributed by atoms with van der Waals surface area (Å²) in [6.45, 7) is 0.374. The lowest BCUT2D eigenvalue weighted by atomic mass is 10.2. The van der Waals surface area contributed by atoms with Crippen molar-refractivity contribution >= 4 is 0 Å². The fraction of sp³-hybridized carbons (Fsp3) is 0.200. The summed E-state index contributed by atoms with van der Waals surface area (Å²) in [5, 5.41) is 3.61. The summed E-state index contributed by atoms with van der Waals surface area (Å²) in [7, 11) is 0. The summed E-state index contributed by atoms with van der Waals surface area (Å²) >= 11 is 0. The van der Waals surface area contributed by atoms with E-state index in [9.17, 15) is 8.78 Å². The van der Waals surface area contributed by atoms with Gasteiger partial charge in [0.25, 0.3) is 0 Å². The predicted molar refractivity (Wildman–Crippen MR) is 52.4 cm³/mol. The molecule has 0 saturated heterocycles. The summed E-state index contributed by atoms with van der Waals surface area (Å²) < 4.78 is 30.7. The second-order valence-corrected chi connectivity index (χ2v) is 3.21. The van der Waals surface area contributed by atoms with Gasteiger partial charge in [-0.1, -0.05) is 5.16 Å². The maximum atomic E-state index is 12.9. The van der Waals surface area contributed by atoms with Crippen LogP contribution in [0, 0.1) is 11.6 Å². The molecule has 2 aromatic rings. The average Bonchev–Trinajstić information content (AvgIpc) is 2.65. The van der Waals surface area contributed by atoms with Crippen LogP contribution in [-0.4, -0.2) is 16.7 Å². The average molecular weight is 225 g/mol. The Hall–Kier alpha value is -1.82. The zero-order chi connectivity index (χ0) is 11.5. The quantitative estimate of drug-likeness (QED) is 0.860. The van der Waals surface area contributed by atoms with Gasteiger partial charge in [0, 0.05) is 24.6 Å². The van der Waals surface area contributed by atoms with Crippen LogP contribution in [0.3, 0.4) is 0 Å². The molecule has 0 radical (unpaired) electrons. The monoisotopic (exact) mass is 225 g/mol. The van der Waals surface area contributed by atoms with E-state index in [2.05, 4.69) is 10.1 Å². The molecule has 1 heterocycles. The van der Waals surface area contributed by atoms with E-state index in [1.807, 2.05) is 0 Å². The second-order valence-electron chi connectivity index (χ2n) is 3.21. The third kappa shape index (κ3) is 2.22. The fourth-order valence-electron chi connectivity index (χ4n) is 1.28. The first-order valence-electron chi connectivity index (χ1n) is 4.68. The van der Waals surface area contributed by atoms with Crippen LogP contribution in [0.25, 0.3) is 11.4 Å². The first kappa shape index (κ1) is 10.7. The largest absolute Gasteiger partial charge is 0.339 e. The molecule has 4 nitrogen and oxygen atoms in total. The molecule has 0 aliphatic carbocycles. The lowest BCUT2D eigenvalue weighted by Crippen LogP contribution is -2.02. The van der Waals surface area contributed by atoms with Crippen molar-refractivity contribution < 1.29 is 13.3 Å². The highest BCUT2D eigenvalue weighted by atomic mass is 19.1. The van der Waals surface area contributed by atoms with Gasteiger partial charge in [-0.15, -0.1) is 0 Å². The van der Waals surface area contributed by atoms with Crippen LogP contribution in [0.15, 0.2) is 22.7 Å². The van der Waals surface area contributed by atoms with E-state index in [-0.39, 0.29) is 11.4 Å². The van der Waals surface area contributed by atoms with E-state index in [4.69, 9.17) is 10.3 Å². The van der Waals surface area contributed by atoms with Gasteiger partial charge in [-0.3, -0.25) is 0 Å². The Bertz CT molecular complexity index is 478. The lowest BCUT2D eigenvalue weighted by molar-refractivity contribution is 0.380. The zero-order valence-corrected chi connectivity index (χ0v) is 8.28. The molecular weight excluding hydrogens is 216 g/mol. The molecular formula is C10H9F2N3O. The SMILES string of the molecule is NCCc1nc(-c2cc(F)cc(F)c2)no1. The molecule has 0 aliphatic heterocycles. The smallest absolute Gasteiger partial charge is 0.228 e. The van der Waals surface area contributed by atoms with Gasteiger partial charge in [-0.2, -0.15) is 4.98 Å². The first-order valence-corrected chi connectivity index (χ1v) is 4.68. The van der Waals surface area contributed by atoms with Crippen molar-refractivity contribution in [2.45, 2.75) is 6.42 Å². The second kappa shape index (κ2) is 4.36. The van der Waals surface area contributed by atoms with Crippen molar-refractivity contribution in [2.24, 2.45) is 5.73 Å². The summed E-state index contributed by atoms with van der Waals surface area (Å²) in [6, 6.07) is 3.06. The van der Waals surface area contributed by atoms with Crippen molar-refractivity contribution in [1.82, 2.24) is 10.1 Å². The molecule has 0 unspecified atom stereocenters. The van der Waals surface area contributed by atoms with Gasteiger partial charge >= 0.3 is 0 Å². The fourth-order valence-corrected chi connectivity index (χ4v) is 1.28. The number of nitrogens with two attached hydrogens (primary N) is 1. The molecule has 16 heavy (non-hydrogen) atoms. The van der Waals surface area contributed by atoms with Gasteiger partial charge in [0.05, 0.1) is 0 Å².